The lowest BCUT2D eigenvalue weighted by Gasteiger charge is -2.28. The minimum absolute atomic E-state index is 0.0223. The number of aromatic amines is 1. The SMILES string of the molecule is CC(=O)N[C@@H](Cc1cnc[nH]1)C(=O)N[C@@H](CCC(N)=O)C(=O)N[C@H](Cc1ccc(Cl)cc1)C(=O)N[C@@H](CC1CCCCC1)C(N)=O. The van der Waals surface area contributed by atoms with Crippen LogP contribution in [0.15, 0.2) is 36.8 Å². The molecule has 1 fully saturated rings. The average molecular weight is 659 g/mol. The van der Waals surface area contributed by atoms with Crippen molar-refractivity contribution in [3.63, 3.8) is 0 Å². The number of amides is 6. The Bertz CT molecular complexity index is 1350. The molecule has 0 spiro atoms. The fourth-order valence-corrected chi connectivity index (χ4v) is 5.64. The molecule has 1 aromatic heterocycles. The first-order valence-corrected chi connectivity index (χ1v) is 15.8. The van der Waals surface area contributed by atoms with Crippen LogP contribution in [0.2, 0.25) is 5.02 Å². The van der Waals surface area contributed by atoms with Gasteiger partial charge in [0.05, 0.1) is 6.33 Å². The molecule has 0 saturated heterocycles. The number of nitrogens with zero attached hydrogens (tertiary/aromatic N) is 1. The molecular weight excluding hydrogens is 616 g/mol. The van der Waals surface area contributed by atoms with Crippen molar-refractivity contribution < 1.29 is 28.8 Å². The van der Waals surface area contributed by atoms with Gasteiger partial charge in [0.15, 0.2) is 0 Å². The van der Waals surface area contributed by atoms with Gasteiger partial charge in [-0.05, 0) is 36.5 Å². The molecule has 0 radical (unpaired) electrons. The highest BCUT2D eigenvalue weighted by Gasteiger charge is 2.32. The Labute approximate surface area is 272 Å². The number of hydrogen-bond acceptors (Lipinski definition) is 7. The van der Waals surface area contributed by atoms with Gasteiger partial charge in [-0.1, -0.05) is 55.8 Å². The van der Waals surface area contributed by atoms with Crippen LogP contribution in [0.1, 0.15) is 69.5 Å². The van der Waals surface area contributed by atoms with Gasteiger partial charge < -0.3 is 37.7 Å². The highest BCUT2D eigenvalue weighted by Crippen LogP contribution is 2.27. The summed E-state index contributed by atoms with van der Waals surface area (Å²) in [7, 11) is 0. The second-order valence-electron chi connectivity index (χ2n) is 11.7. The lowest BCUT2D eigenvalue weighted by atomic mass is 9.84. The molecule has 3 rings (SSSR count). The maximum atomic E-state index is 13.7. The molecule has 1 aliphatic rings. The Morgan fingerprint density at radius 3 is 2.00 bits per heavy atom. The Balaban J connectivity index is 1.81. The van der Waals surface area contributed by atoms with Gasteiger partial charge in [-0.3, -0.25) is 28.8 Å². The van der Waals surface area contributed by atoms with E-state index in [9.17, 15) is 28.8 Å². The van der Waals surface area contributed by atoms with Crippen LogP contribution in [0.4, 0.5) is 0 Å². The molecule has 1 aromatic carbocycles. The van der Waals surface area contributed by atoms with Crippen LogP contribution in [0.3, 0.4) is 0 Å². The van der Waals surface area contributed by atoms with Gasteiger partial charge in [0, 0.05) is 43.1 Å². The zero-order valence-electron chi connectivity index (χ0n) is 25.9. The summed E-state index contributed by atoms with van der Waals surface area (Å²) in [6.07, 6.45) is 8.04. The maximum Gasteiger partial charge on any atom is 0.243 e. The number of carbonyl (C=O) groups is 6. The van der Waals surface area contributed by atoms with Gasteiger partial charge in [-0.2, -0.15) is 0 Å². The van der Waals surface area contributed by atoms with E-state index in [4.69, 9.17) is 23.1 Å². The number of halogens is 1. The number of aromatic nitrogens is 2. The van der Waals surface area contributed by atoms with Crippen LogP contribution < -0.4 is 32.7 Å². The van der Waals surface area contributed by atoms with Crippen LogP contribution in [0, 0.1) is 5.92 Å². The zero-order chi connectivity index (χ0) is 33.6. The van der Waals surface area contributed by atoms with Crippen LogP contribution in [-0.4, -0.2) is 69.6 Å². The quantitative estimate of drug-likeness (QED) is 0.127. The Hall–Kier alpha value is -4.46. The summed E-state index contributed by atoms with van der Waals surface area (Å²) in [5.41, 5.74) is 12.2. The molecule has 1 aliphatic carbocycles. The van der Waals surface area contributed by atoms with E-state index in [-0.39, 0.29) is 31.6 Å². The second kappa shape index (κ2) is 17.9. The maximum absolute atomic E-state index is 13.7. The normalized spacial score (nSPS) is 15.9. The van der Waals surface area contributed by atoms with Crippen molar-refractivity contribution in [2.75, 3.05) is 0 Å². The number of primary amides is 2. The number of rotatable bonds is 17. The molecule has 46 heavy (non-hydrogen) atoms. The van der Waals surface area contributed by atoms with E-state index in [0.29, 0.717) is 22.7 Å². The van der Waals surface area contributed by atoms with Gasteiger partial charge in [0.1, 0.15) is 24.2 Å². The van der Waals surface area contributed by atoms with E-state index in [0.717, 1.165) is 32.1 Å². The number of carbonyl (C=O) groups excluding carboxylic acids is 6. The third-order valence-corrected chi connectivity index (χ3v) is 8.18. The van der Waals surface area contributed by atoms with Gasteiger partial charge in [0.25, 0.3) is 0 Å². The smallest absolute Gasteiger partial charge is 0.243 e. The molecule has 250 valence electrons. The second-order valence-corrected chi connectivity index (χ2v) is 12.1. The monoisotopic (exact) mass is 658 g/mol. The third kappa shape index (κ3) is 12.1. The minimum atomic E-state index is -1.30. The summed E-state index contributed by atoms with van der Waals surface area (Å²) >= 11 is 6.03. The number of H-pyrrole nitrogens is 1. The van der Waals surface area contributed by atoms with Gasteiger partial charge in [0.2, 0.25) is 35.4 Å². The summed E-state index contributed by atoms with van der Waals surface area (Å²) in [6, 6.07) is 2.17. The van der Waals surface area contributed by atoms with Gasteiger partial charge >= 0.3 is 0 Å². The summed E-state index contributed by atoms with van der Waals surface area (Å²) in [4.78, 5) is 83.3. The summed E-state index contributed by atoms with van der Waals surface area (Å²) in [6.45, 7) is 1.25. The first kappa shape index (κ1) is 36.0. The fourth-order valence-electron chi connectivity index (χ4n) is 5.51. The van der Waals surface area contributed by atoms with Crippen LogP contribution >= 0.6 is 11.6 Å². The minimum Gasteiger partial charge on any atom is -0.370 e. The Kier molecular flexibility index (Phi) is 14.0. The van der Waals surface area contributed by atoms with Crippen LogP contribution in [0.25, 0.3) is 0 Å². The third-order valence-electron chi connectivity index (χ3n) is 7.93. The summed E-state index contributed by atoms with van der Waals surface area (Å²) < 4.78 is 0. The van der Waals surface area contributed by atoms with Crippen LogP contribution in [0.5, 0.6) is 0 Å². The van der Waals surface area contributed by atoms with E-state index in [1.165, 1.54) is 19.4 Å². The fraction of sp³-hybridized carbons (Fsp3) is 0.516. The Morgan fingerprint density at radius 1 is 0.848 bits per heavy atom. The van der Waals surface area contributed by atoms with E-state index in [1.54, 1.807) is 24.3 Å². The number of benzene rings is 1. The van der Waals surface area contributed by atoms with Crippen molar-refractivity contribution in [2.45, 2.75) is 95.3 Å². The molecule has 0 unspecified atom stereocenters. The van der Waals surface area contributed by atoms with Crippen molar-refractivity contribution in [3.05, 3.63) is 53.1 Å². The largest absolute Gasteiger partial charge is 0.370 e. The molecule has 4 atom stereocenters. The average Bonchev–Trinajstić information content (AvgIpc) is 3.52. The predicted molar refractivity (Wildman–Crippen MR) is 170 cm³/mol. The van der Waals surface area contributed by atoms with Gasteiger partial charge in [-0.15, -0.1) is 0 Å². The highest BCUT2D eigenvalue weighted by atomic mass is 35.5. The molecule has 2 aromatic rings. The van der Waals surface area contributed by atoms with Crippen molar-refractivity contribution in [2.24, 2.45) is 17.4 Å². The molecule has 1 heterocycles. The lowest BCUT2D eigenvalue weighted by molar-refractivity contribution is -0.134. The standard InChI is InChI=1S/C31H43ClN8O6/c1-18(41)37-26(15-22-16-35-17-36-22)31(46)38-23(11-12-27(33)42)29(44)40-25(14-20-7-9-21(32)10-8-20)30(45)39-24(28(34)43)13-19-5-3-2-4-6-19/h7-10,16-17,19,23-26H,2-6,11-15H2,1H3,(H2,33,42)(H2,34,43)(H,35,36)(H,37,41)(H,38,46)(H,39,45)(H,40,44)/t23-,24-,25+,26-/m0/s1. The molecule has 0 aliphatic heterocycles. The zero-order valence-corrected chi connectivity index (χ0v) is 26.6. The first-order chi connectivity index (χ1) is 21.9. The number of imidazole rings is 1. The molecule has 15 heteroatoms. The number of nitrogens with two attached hydrogens (primary N) is 2. The molecule has 9 N–H and O–H groups in total. The van der Waals surface area contributed by atoms with Gasteiger partial charge in [-0.25, -0.2) is 4.98 Å². The van der Waals surface area contributed by atoms with Crippen molar-refractivity contribution >= 4 is 47.0 Å². The molecule has 6 amide bonds. The summed E-state index contributed by atoms with van der Waals surface area (Å²) in [5.74, 6) is -3.73. The van der Waals surface area contributed by atoms with E-state index in [1.807, 2.05) is 0 Å². The highest BCUT2D eigenvalue weighted by molar-refractivity contribution is 6.30. The molecule has 0 bridgehead atoms. The predicted octanol–water partition coefficient (Wildman–Crippen LogP) is 0.529. The van der Waals surface area contributed by atoms with E-state index >= 15 is 0 Å². The van der Waals surface area contributed by atoms with E-state index in [2.05, 4.69) is 31.2 Å². The van der Waals surface area contributed by atoms with Crippen molar-refractivity contribution in [1.82, 2.24) is 31.2 Å². The first-order valence-electron chi connectivity index (χ1n) is 15.4. The van der Waals surface area contributed by atoms with E-state index < -0.39 is 59.6 Å². The molecular formula is C31H43ClN8O6. The molecule has 1 saturated carbocycles. The summed E-state index contributed by atoms with van der Waals surface area (Å²) in [5, 5.41) is 11.0. The number of hydrogen-bond donors (Lipinski definition) is 7. The lowest BCUT2D eigenvalue weighted by Crippen LogP contribution is -2.59. The Morgan fingerprint density at radius 2 is 1.43 bits per heavy atom. The van der Waals surface area contributed by atoms with Crippen molar-refractivity contribution in [1.29, 1.82) is 0 Å². The molecule has 14 nitrogen and oxygen atoms in total. The van der Waals surface area contributed by atoms with Crippen molar-refractivity contribution in [3.8, 4) is 0 Å². The van der Waals surface area contributed by atoms with Crippen LogP contribution in [-0.2, 0) is 41.6 Å². The number of nitrogens with one attached hydrogen (secondary N) is 5. The topological polar surface area (TPSA) is 231 Å².